The summed E-state index contributed by atoms with van der Waals surface area (Å²) in [6.45, 7) is 0. The smallest absolute Gasteiger partial charge is 0.264 e. The third-order valence-electron chi connectivity index (χ3n) is 1.41. The number of carbonyl (C=O) groups is 1. The Hall–Kier alpha value is -1.77. The molecule has 1 aromatic rings. The van der Waals surface area contributed by atoms with E-state index < -0.39 is 5.91 Å². The van der Waals surface area contributed by atoms with Crippen molar-refractivity contribution in [1.82, 2.24) is 0 Å². The van der Waals surface area contributed by atoms with E-state index in [1.165, 1.54) is 0 Å². The fourth-order valence-corrected chi connectivity index (χ4v) is 0.800. The number of carbonyl (C=O) groups excluding carboxylic acids is 1. The molecule has 4 N–H and O–H groups in total. The Balaban J connectivity index is 2.89. The lowest BCUT2D eigenvalue weighted by atomic mass is 10.2. The minimum Gasteiger partial charge on any atom is -0.394 e. The highest BCUT2D eigenvalue weighted by molar-refractivity contribution is 5.95. The van der Waals surface area contributed by atoms with Crippen LogP contribution in [0.3, 0.4) is 0 Å². The molecule has 0 aliphatic rings. The molecule has 0 saturated heterocycles. The number of benzene rings is 1. The Morgan fingerprint density at radius 2 is 1.75 bits per heavy atom. The zero-order valence-corrected chi connectivity index (χ0v) is 6.53. The van der Waals surface area contributed by atoms with Crippen molar-refractivity contribution < 1.29 is 4.79 Å². The number of primary amides is 1. The molecule has 0 radical (unpaired) electrons. The Morgan fingerprint density at radius 3 is 2.25 bits per heavy atom. The molecule has 0 heterocycles. The molecule has 1 amide bonds. The van der Waals surface area contributed by atoms with Crippen molar-refractivity contribution in [2.45, 2.75) is 0 Å². The van der Waals surface area contributed by atoms with E-state index >= 15 is 0 Å². The Bertz CT molecular complexity index is 304. The first-order valence-electron chi connectivity index (χ1n) is 3.52. The summed E-state index contributed by atoms with van der Waals surface area (Å²) in [6.07, 6.45) is 1.54. The molecular weight excluding hydrogens is 152 g/mol. The lowest BCUT2D eigenvalue weighted by Gasteiger charge is -1.94. The zero-order chi connectivity index (χ0) is 8.97. The summed E-state index contributed by atoms with van der Waals surface area (Å²) < 4.78 is 0. The molecule has 3 nitrogen and oxygen atoms in total. The molecule has 3 heteroatoms. The van der Waals surface area contributed by atoms with Gasteiger partial charge >= 0.3 is 0 Å². The maximum Gasteiger partial charge on any atom is 0.264 e. The first-order valence-corrected chi connectivity index (χ1v) is 3.52. The molecule has 1 rings (SSSR count). The molecule has 0 unspecified atom stereocenters. The lowest BCUT2D eigenvalue weighted by Crippen LogP contribution is -2.19. The largest absolute Gasteiger partial charge is 0.394 e. The maximum absolute atomic E-state index is 10.5. The standard InChI is InChI=1S/C9H10N2O/c10-8(9(11)12)6-7-4-2-1-3-5-7/h1-6H,10H2,(H2,11,12)/b8-6-. The van der Waals surface area contributed by atoms with Crippen LogP contribution in [-0.2, 0) is 4.79 Å². The van der Waals surface area contributed by atoms with Crippen LogP contribution in [0, 0.1) is 0 Å². The van der Waals surface area contributed by atoms with Crippen molar-refractivity contribution in [2.75, 3.05) is 0 Å². The van der Waals surface area contributed by atoms with Crippen LogP contribution in [0.5, 0.6) is 0 Å². The number of hydrogen-bond acceptors (Lipinski definition) is 2. The van der Waals surface area contributed by atoms with Gasteiger partial charge in [-0.3, -0.25) is 4.79 Å². The van der Waals surface area contributed by atoms with Gasteiger partial charge < -0.3 is 11.5 Å². The van der Waals surface area contributed by atoms with Crippen LogP contribution in [0.2, 0.25) is 0 Å². The molecular formula is C9H10N2O. The molecule has 62 valence electrons. The zero-order valence-electron chi connectivity index (χ0n) is 6.53. The van der Waals surface area contributed by atoms with Gasteiger partial charge in [0.05, 0.1) is 5.70 Å². The van der Waals surface area contributed by atoms with Gasteiger partial charge in [0.15, 0.2) is 0 Å². The van der Waals surface area contributed by atoms with Gasteiger partial charge in [-0.15, -0.1) is 0 Å². The van der Waals surface area contributed by atoms with E-state index in [2.05, 4.69) is 0 Å². The van der Waals surface area contributed by atoms with E-state index in [9.17, 15) is 4.79 Å². The van der Waals surface area contributed by atoms with Gasteiger partial charge in [0.2, 0.25) is 0 Å². The van der Waals surface area contributed by atoms with E-state index in [0.717, 1.165) is 5.56 Å². The minimum absolute atomic E-state index is 0.0706. The third kappa shape index (κ3) is 2.12. The van der Waals surface area contributed by atoms with Gasteiger partial charge in [-0.05, 0) is 11.6 Å². The van der Waals surface area contributed by atoms with Crippen molar-refractivity contribution in [3.63, 3.8) is 0 Å². The topological polar surface area (TPSA) is 69.1 Å². The maximum atomic E-state index is 10.5. The molecule has 12 heavy (non-hydrogen) atoms. The van der Waals surface area contributed by atoms with Gasteiger partial charge in [0.1, 0.15) is 0 Å². The molecule has 0 saturated carbocycles. The van der Waals surface area contributed by atoms with Crippen LogP contribution in [0.15, 0.2) is 36.0 Å². The predicted molar refractivity (Wildman–Crippen MR) is 47.8 cm³/mol. The summed E-state index contributed by atoms with van der Waals surface area (Å²) in [5.41, 5.74) is 11.2. The number of nitrogens with two attached hydrogens (primary N) is 2. The molecule has 0 aliphatic carbocycles. The van der Waals surface area contributed by atoms with E-state index in [1.54, 1.807) is 6.08 Å². The van der Waals surface area contributed by atoms with Crippen LogP contribution >= 0.6 is 0 Å². The molecule has 0 atom stereocenters. The van der Waals surface area contributed by atoms with Crippen molar-refractivity contribution in [3.05, 3.63) is 41.6 Å². The quantitative estimate of drug-likeness (QED) is 0.621. The first-order chi connectivity index (χ1) is 5.70. The highest BCUT2D eigenvalue weighted by atomic mass is 16.1. The SMILES string of the molecule is NC(=O)/C(N)=C/c1ccccc1. The van der Waals surface area contributed by atoms with Gasteiger partial charge in [-0.2, -0.15) is 0 Å². The van der Waals surface area contributed by atoms with E-state index in [4.69, 9.17) is 11.5 Å². The Morgan fingerprint density at radius 1 is 1.17 bits per heavy atom. The summed E-state index contributed by atoms with van der Waals surface area (Å²) in [5.74, 6) is -0.598. The molecule has 1 aromatic carbocycles. The fourth-order valence-electron chi connectivity index (χ4n) is 0.800. The van der Waals surface area contributed by atoms with E-state index in [-0.39, 0.29) is 5.70 Å². The van der Waals surface area contributed by atoms with Crippen LogP contribution in [-0.4, -0.2) is 5.91 Å². The predicted octanol–water partition coefficient (Wildman–Crippen LogP) is 0.472. The highest BCUT2D eigenvalue weighted by Crippen LogP contribution is 2.02. The molecule has 0 bridgehead atoms. The summed E-state index contributed by atoms with van der Waals surface area (Å²) in [5, 5.41) is 0. The third-order valence-corrected chi connectivity index (χ3v) is 1.41. The van der Waals surface area contributed by atoms with E-state index in [1.807, 2.05) is 30.3 Å². The average molecular weight is 162 g/mol. The van der Waals surface area contributed by atoms with Gasteiger partial charge in [-0.1, -0.05) is 30.3 Å². The molecule has 0 fully saturated rings. The second kappa shape index (κ2) is 3.57. The van der Waals surface area contributed by atoms with Crippen LogP contribution in [0.4, 0.5) is 0 Å². The molecule has 0 spiro atoms. The van der Waals surface area contributed by atoms with Crippen molar-refractivity contribution in [2.24, 2.45) is 11.5 Å². The van der Waals surface area contributed by atoms with Crippen molar-refractivity contribution >= 4 is 12.0 Å². The number of amides is 1. The Kier molecular flexibility index (Phi) is 2.48. The second-order valence-electron chi connectivity index (χ2n) is 2.37. The first kappa shape index (κ1) is 8.33. The van der Waals surface area contributed by atoms with Crippen molar-refractivity contribution in [3.8, 4) is 0 Å². The average Bonchev–Trinajstić information content (AvgIpc) is 2.06. The van der Waals surface area contributed by atoms with Gasteiger partial charge in [0, 0.05) is 0 Å². The number of hydrogen-bond donors (Lipinski definition) is 2. The summed E-state index contributed by atoms with van der Waals surface area (Å²) >= 11 is 0. The Labute approximate surface area is 70.7 Å². The van der Waals surface area contributed by atoms with Gasteiger partial charge in [-0.25, -0.2) is 0 Å². The van der Waals surface area contributed by atoms with Crippen LogP contribution in [0.1, 0.15) is 5.56 Å². The van der Waals surface area contributed by atoms with Gasteiger partial charge in [0.25, 0.3) is 5.91 Å². The minimum atomic E-state index is -0.598. The lowest BCUT2D eigenvalue weighted by molar-refractivity contribution is -0.114. The highest BCUT2D eigenvalue weighted by Gasteiger charge is 1.96. The van der Waals surface area contributed by atoms with Crippen LogP contribution in [0.25, 0.3) is 6.08 Å². The van der Waals surface area contributed by atoms with Crippen molar-refractivity contribution in [1.29, 1.82) is 0 Å². The summed E-state index contributed by atoms with van der Waals surface area (Å²) in [4.78, 5) is 10.5. The monoisotopic (exact) mass is 162 g/mol. The second-order valence-corrected chi connectivity index (χ2v) is 2.37. The normalized spacial score (nSPS) is 11.2. The summed E-state index contributed by atoms with van der Waals surface area (Å²) in [6, 6.07) is 9.30. The molecule has 0 aromatic heterocycles. The molecule has 0 aliphatic heterocycles. The fraction of sp³-hybridized carbons (Fsp3) is 0. The number of rotatable bonds is 2. The van der Waals surface area contributed by atoms with E-state index in [0.29, 0.717) is 0 Å². The summed E-state index contributed by atoms with van der Waals surface area (Å²) in [7, 11) is 0. The van der Waals surface area contributed by atoms with Crippen LogP contribution < -0.4 is 11.5 Å².